The molecule has 376 valence electrons. The van der Waals surface area contributed by atoms with Crippen molar-refractivity contribution in [1.82, 2.24) is 9.55 Å². The van der Waals surface area contributed by atoms with Gasteiger partial charge in [-0.05, 0) is 131 Å². The highest BCUT2D eigenvalue weighted by molar-refractivity contribution is 6.15. The SMILES string of the molecule is C1=CCCC(N(c2ccccc2)c2c3c(cc4c5c(n(-c6ccccn6)c24)C2C=CC(N(c4ccccc4)c4cccc6oc7ccccc7c46)CC2c2ccccc2-5)C(c2ccccc2)(c2ccccc2)c2ccccc2-3)=C1. The molecule has 3 heterocycles. The molecule has 79 heavy (non-hydrogen) atoms. The second-order valence-corrected chi connectivity index (χ2v) is 21.5. The quantitative estimate of drug-likeness (QED) is 0.135. The van der Waals surface area contributed by atoms with Crippen molar-refractivity contribution in [3.63, 3.8) is 0 Å². The maximum absolute atomic E-state index is 6.56. The molecule has 0 saturated heterocycles. The Kier molecular flexibility index (Phi) is 10.5. The minimum absolute atomic E-state index is 0.00344. The van der Waals surface area contributed by atoms with E-state index in [0.29, 0.717) is 0 Å². The Labute approximate surface area is 460 Å². The van der Waals surface area contributed by atoms with E-state index < -0.39 is 5.41 Å². The second kappa shape index (κ2) is 18.2. The lowest BCUT2D eigenvalue weighted by Crippen LogP contribution is -2.36. The van der Waals surface area contributed by atoms with E-state index in [-0.39, 0.29) is 17.9 Å². The summed E-state index contributed by atoms with van der Waals surface area (Å²) >= 11 is 0. The molecule has 0 saturated carbocycles. The Balaban J connectivity index is 1.04. The van der Waals surface area contributed by atoms with E-state index in [1.165, 1.54) is 72.5 Å². The van der Waals surface area contributed by atoms with E-state index in [9.17, 15) is 0 Å². The van der Waals surface area contributed by atoms with Gasteiger partial charge in [-0.3, -0.25) is 4.57 Å². The normalized spacial score (nSPS) is 17.4. The summed E-state index contributed by atoms with van der Waals surface area (Å²) in [7, 11) is 0. The van der Waals surface area contributed by atoms with Crippen molar-refractivity contribution in [2.45, 2.75) is 42.6 Å². The summed E-state index contributed by atoms with van der Waals surface area (Å²) in [5.41, 5.74) is 20.8. The smallest absolute Gasteiger partial charge is 0.137 e. The van der Waals surface area contributed by atoms with Crippen LogP contribution in [0.1, 0.15) is 64.6 Å². The van der Waals surface area contributed by atoms with E-state index in [1.54, 1.807) is 0 Å². The lowest BCUT2D eigenvalue weighted by molar-refractivity contribution is 0.494. The summed E-state index contributed by atoms with van der Waals surface area (Å²) in [6, 6.07) is 87.2. The van der Waals surface area contributed by atoms with Gasteiger partial charge in [0.15, 0.2) is 0 Å². The molecule has 0 spiro atoms. The number of benzene rings is 9. The van der Waals surface area contributed by atoms with Gasteiger partial charge >= 0.3 is 0 Å². The summed E-state index contributed by atoms with van der Waals surface area (Å²) < 4.78 is 9.16. The summed E-state index contributed by atoms with van der Waals surface area (Å²) in [6.07, 6.45) is 16.6. The number of para-hydroxylation sites is 3. The number of furan rings is 1. The van der Waals surface area contributed by atoms with Crippen molar-refractivity contribution in [2.24, 2.45) is 0 Å². The van der Waals surface area contributed by atoms with Gasteiger partial charge < -0.3 is 14.2 Å². The van der Waals surface area contributed by atoms with Crippen molar-refractivity contribution in [2.75, 3.05) is 9.80 Å². The third kappa shape index (κ3) is 6.79. The summed E-state index contributed by atoms with van der Waals surface area (Å²) in [5.74, 6) is 1.03. The Bertz CT molecular complexity index is 4380. The highest BCUT2D eigenvalue weighted by Gasteiger charge is 2.50. The maximum atomic E-state index is 6.56. The maximum Gasteiger partial charge on any atom is 0.137 e. The van der Waals surface area contributed by atoms with E-state index in [1.807, 2.05) is 12.3 Å². The number of anilines is 4. The Morgan fingerprint density at radius 3 is 1.97 bits per heavy atom. The number of hydrogen-bond donors (Lipinski definition) is 0. The molecule has 16 rings (SSSR count). The van der Waals surface area contributed by atoms with Crippen molar-refractivity contribution < 1.29 is 4.42 Å². The lowest BCUT2D eigenvalue weighted by atomic mass is 9.67. The molecule has 0 fully saturated rings. The van der Waals surface area contributed by atoms with Gasteiger partial charge in [0.2, 0.25) is 0 Å². The molecule has 5 heteroatoms. The molecular weight excluding hydrogens is 961 g/mol. The number of aromatic nitrogens is 2. The van der Waals surface area contributed by atoms with Crippen molar-refractivity contribution in [1.29, 1.82) is 0 Å². The molecule has 0 N–H and O–H groups in total. The molecule has 4 aliphatic carbocycles. The number of pyridine rings is 1. The topological polar surface area (TPSA) is 37.4 Å². The average Bonchev–Trinajstić information content (AvgIpc) is 3.00. The van der Waals surface area contributed by atoms with Crippen molar-refractivity contribution in [3.8, 4) is 28.1 Å². The molecule has 0 amide bonds. The Morgan fingerprint density at radius 1 is 0.557 bits per heavy atom. The van der Waals surface area contributed by atoms with E-state index >= 15 is 0 Å². The van der Waals surface area contributed by atoms with Gasteiger partial charge in [-0.1, -0.05) is 200 Å². The number of allylic oxidation sites excluding steroid dienone is 5. The molecule has 5 nitrogen and oxygen atoms in total. The molecule has 0 radical (unpaired) electrons. The van der Waals surface area contributed by atoms with Crippen LogP contribution in [0.4, 0.5) is 22.7 Å². The van der Waals surface area contributed by atoms with Gasteiger partial charge in [-0.15, -0.1) is 0 Å². The number of fused-ring (bicyclic) bond motifs is 14. The molecule has 0 aliphatic heterocycles. The van der Waals surface area contributed by atoms with E-state index in [2.05, 4.69) is 275 Å². The predicted octanol–water partition coefficient (Wildman–Crippen LogP) is 18.7. The zero-order valence-corrected chi connectivity index (χ0v) is 43.5. The Morgan fingerprint density at radius 2 is 1.23 bits per heavy atom. The molecular formula is C74H54N4O. The molecule has 9 aromatic carbocycles. The van der Waals surface area contributed by atoms with Crippen LogP contribution in [0.25, 0.3) is 60.9 Å². The average molecular weight is 1020 g/mol. The van der Waals surface area contributed by atoms with Crippen LogP contribution in [0, 0.1) is 0 Å². The van der Waals surface area contributed by atoms with Crippen LogP contribution in [0.15, 0.2) is 283 Å². The first-order chi connectivity index (χ1) is 39.3. The molecule has 3 unspecified atom stereocenters. The highest BCUT2D eigenvalue weighted by atomic mass is 16.3. The van der Waals surface area contributed by atoms with Crippen LogP contribution in [0.2, 0.25) is 0 Å². The number of rotatable bonds is 9. The molecule has 12 aromatic rings. The van der Waals surface area contributed by atoms with Crippen LogP contribution in [0.3, 0.4) is 0 Å². The summed E-state index contributed by atoms with van der Waals surface area (Å²) in [6.45, 7) is 0. The molecule has 0 bridgehead atoms. The van der Waals surface area contributed by atoms with Crippen molar-refractivity contribution >= 4 is 55.6 Å². The van der Waals surface area contributed by atoms with Crippen LogP contribution in [-0.4, -0.2) is 15.6 Å². The molecule has 3 aromatic heterocycles. The first kappa shape index (κ1) is 45.5. The van der Waals surface area contributed by atoms with Gasteiger partial charge in [0.1, 0.15) is 17.0 Å². The van der Waals surface area contributed by atoms with Crippen molar-refractivity contribution in [3.05, 3.63) is 312 Å². The summed E-state index contributed by atoms with van der Waals surface area (Å²) in [4.78, 5) is 10.6. The first-order valence-electron chi connectivity index (χ1n) is 27.9. The zero-order valence-electron chi connectivity index (χ0n) is 43.5. The van der Waals surface area contributed by atoms with E-state index in [0.717, 1.165) is 69.6 Å². The standard InChI is InChI=1S/C74H54N4O/c1-6-25-49(26-7-1)74(50-27-8-2-9-28-50)62-39-20-18-37-58(62)69-63(74)48-61-68-56-36-17-16-35-55(56)60-47-54(76(51-29-10-3-11-30-51)64-40-24-42-66-70(64)59-38-19-21-41-65(59)79-66)44-45-57(60)71(68)78(67-43-22-23-46-75-67)72(61)73(69)77(52-31-12-4-13-32-52)53-33-14-5-15-34-53/h1-14,16-33,35-46,48,54,57,60H,15,34,47H2. The highest BCUT2D eigenvalue weighted by Crippen LogP contribution is 2.64. The monoisotopic (exact) mass is 1010 g/mol. The molecule has 4 aliphatic rings. The van der Waals surface area contributed by atoms with Gasteiger partial charge in [-0.2, -0.15) is 0 Å². The number of hydrogen-bond acceptors (Lipinski definition) is 4. The van der Waals surface area contributed by atoms with Crippen LogP contribution < -0.4 is 9.80 Å². The van der Waals surface area contributed by atoms with Gasteiger partial charge in [-0.25, -0.2) is 4.98 Å². The largest absolute Gasteiger partial charge is 0.456 e. The van der Waals surface area contributed by atoms with Gasteiger partial charge in [0.05, 0.1) is 33.7 Å². The third-order valence-corrected chi connectivity index (χ3v) is 17.5. The third-order valence-electron chi connectivity index (χ3n) is 17.5. The number of nitrogens with zero attached hydrogens (tertiary/aromatic N) is 4. The minimum Gasteiger partial charge on any atom is -0.456 e. The van der Waals surface area contributed by atoms with Crippen LogP contribution in [0.5, 0.6) is 0 Å². The fourth-order valence-corrected chi connectivity index (χ4v) is 14.4. The lowest BCUT2D eigenvalue weighted by Gasteiger charge is -2.42. The zero-order chi connectivity index (χ0) is 52.0. The predicted molar refractivity (Wildman–Crippen MR) is 324 cm³/mol. The molecule has 3 atom stereocenters. The van der Waals surface area contributed by atoms with Gasteiger partial charge in [0.25, 0.3) is 0 Å². The fraction of sp³-hybridized carbons (Fsp3) is 0.0946. The fourth-order valence-electron chi connectivity index (χ4n) is 14.4. The summed E-state index contributed by atoms with van der Waals surface area (Å²) in [5, 5.41) is 3.48. The second-order valence-electron chi connectivity index (χ2n) is 21.5. The van der Waals surface area contributed by atoms with Crippen LogP contribution in [-0.2, 0) is 5.41 Å². The minimum atomic E-state index is -0.653. The first-order valence-corrected chi connectivity index (χ1v) is 27.9. The van der Waals surface area contributed by atoms with Crippen LogP contribution >= 0.6 is 0 Å². The Hall–Kier alpha value is -9.71. The van der Waals surface area contributed by atoms with Gasteiger partial charge in [0, 0.05) is 56.8 Å². The van der Waals surface area contributed by atoms with E-state index in [4.69, 9.17) is 9.40 Å².